The highest BCUT2D eigenvalue weighted by molar-refractivity contribution is 5.78. The number of nitrogens with one attached hydrogen (secondary N) is 1. The van der Waals surface area contributed by atoms with Gasteiger partial charge in [0.1, 0.15) is 0 Å². The molecule has 0 aromatic rings. The van der Waals surface area contributed by atoms with Crippen LogP contribution in [-0.2, 0) is 4.79 Å². The molecule has 1 saturated carbocycles. The van der Waals surface area contributed by atoms with E-state index in [0.29, 0.717) is 12.6 Å². The molecule has 0 radical (unpaired) electrons. The smallest absolute Gasteiger partial charge is 0.234 e. The van der Waals surface area contributed by atoms with Crippen LogP contribution in [0.15, 0.2) is 0 Å². The van der Waals surface area contributed by atoms with Crippen LogP contribution in [-0.4, -0.2) is 48.7 Å². The maximum absolute atomic E-state index is 11.7. The van der Waals surface area contributed by atoms with Gasteiger partial charge in [-0.05, 0) is 45.7 Å². The second kappa shape index (κ2) is 8.48. The number of hydrogen-bond acceptors (Lipinski definition) is 3. The molecule has 4 heteroatoms. The number of carbonyl (C=O) groups is 1. The van der Waals surface area contributed by atoms with Crippen molar-refractivity contribution in [1.82, 2.24) is 10.2 Å². The Kier molecular flexibility index (Phi) is 7.21. The average molecular weight is 242 g/mol. The molecule has 0 heterocycles. The molecule has 0 aromatic heterocycles. The van der Waals surface area contributed by atoms with E-state index in [9.17, 15) is 4.79 Å². The van der Waals surface area contributed by atoms with Crippen molar-refractivity contribution < 1.29 is 9.90 Å². The highest BCUT2D eigenvalue weighted by Gasteiger charge is 2.17. The van der Waals surface area contributed by atoms with Crippen molar-refractivity contribution in [2.75, 3.05) is 26.7 Å². The van der Waals surface area contributed by atoms with Crippen LogP contribution in [0, 0.1) is 0 Å². The van der Waals surface area contributed by atoms with E-state index in [1.807, 2.05) is 7.05 Å². The Labute approximate surface area is 104 Å². The predicted molar refractivity (Wildman–Crippen MR) is 68.8 cm³/mol. The third kappa shape index (κ3) is 6.64. The summed E-state index contributed by atoms with van der Waals surface area (Å²) in [5, 5.41) is 11.7. The molecule has 2 N–H and O–H groups in total. The Morgan fingerprint density at radius 1 is 1.29 bits per heavy atom. The van der Waals surface area contributed by atoms with Crippen LogP contribution in [0.4, 0.5) is 0 Å². The first-order chi connectivity index (χ1) is 8.22. The molecule has 1 amide bonds. The monoisotopic (exact) mass is 242 g/mol. The summed E-state index contributed by atoms with van der Waals surface area (Å²) in [7, 11) is 1.98. The van der Waals surface area contributed by atoms with Crippen molar-refractivity contribution in [2.24, 2.45) is 0 Å². The van der Waals surface area contributed by atoms with Crippen LogP contribution in [0.3, 0.4) is 0 Å². The third-order valence-electron chi connectivity index (χ3n) is 3.33. The summed E-state index contributed by atoms with van der Waals surface area (Å²) in [4.78, 5) is 13.8. The molecular formula is C13H26N2O2. The molecule has 17 heavy (non-hydrogen) atoms. The van der Waals surface area contributed by atoms with Gasteiger partial charge in [0.25, 0.3) is 0 Å². The number of aliphatic hydroxyl groups excluding tert-OH is 1. The molecule has 4 nitrogen and oxygen atoms in total. The van der Waals surface area contributed by atoms with Gasteiger partial charge in [0.2, 0.25) is 5.91 Å². The zero-order chi connectivity index (χ0) is 12.5. The van der Waals surface area contributed by atoms with Crippen molar-refractivity contribution in [3.05, 3.63) is 0 Å². The first-order valence-electron chi connectivity index (χ1n) is 6.81. The van der Waals surface area contributed by atoms with Crippen molar-refractivity contribution in [3.8, 4) is 0 Å². The Hall–Kier alpha value is -0.610. The van der Waals surface area contributed by atoms with E-state index in [4.69, 9.17) is 5.11 Å². The van der Waals surface area contributed by atoms with E-state index in [-0.39, 0.29) is 12.5 Å². The fourth-order valence-corrected chi connectivity index (χ4v) is 2.34. The van der Waals surface area contributed by atoms with Gasteiger partial charge in [-0.1, -0.05) is 12.8 Å². The van der Waals surface area contributed by atoms with Crippen molar-refractivity contribution >= 4 is 5.91 Å². The van der Waals surface area contributed by atoms with Gasteiger partial charge in [0.15, 0.2) is 0 Å². The largest absolute Gasteiger partial charge is 0.396 e. The third-order valence-corrected chi connectivity index (χ3v) is 3.33. The summed E-state index contributed by atoms with van der Waals surface area (Å²) in [5.41, 5.74) is 0. The Bertz CT molecular complexity index is 215. The van der Waals surface area contributed by atoms with E-state index in [2.05, 4.69) is 10.2 Å². The SMILES string of the molecule is CN(CCCCCO)CC(=O)NC1CCCC1. The minimum Gasteiger partial charge on any atom is -0.396 e. The van der Waals surface area contributed by atoms with Gasteiger partial charge in [-0.3, -0.25) is 9.69 Å². The van der Waals surface area contributed by atoms with Crippen molar-refractivity contribution in [2.45, 2.75) is 51.0 Å². The lowest BCUT2D eigenvalue weighted by Gasteiger charge is -2.18. The van der Waals surface area contributed by atoms with Gasteiger partial charge < -0.3 is 10.4 Å². The molecule has 100 valence electrons. The lowest BCUT2D eigenvalue weighted by Crippen LogP contribution is -2.40. The summed E-state index contributed by atoms with van der Waals surface area (Å²) in [6, 6.07) is 0.422. The van der Waals surface area contributed by atoms with E-state index in [0.717, 1.165) is 38.6 Å². The van der Waals surface area contributed by atoms with Crippen molar-refractivity contribution in [1.29, 1.82) is 0 Å². The van der Waals surface area contributed by atoms with Crippen LogP contribution in [0.2, 0.25) is 0 Å². The topological polar surface area (TPSA) is 52.6 Å². The maximum atomic E-state index is 11.7. The number of likely N-dealkylation sites (N-methyl/N-ethyl adjacent to an activating group) is 1. The average Bonchev–Trinajstić information content (AvgIpc) is 2.77. The number of amides is 1. The van der Waals surface area contributed by atoms with Gasteiger partial charge >= 0.3 is 0 Å². The van der Waals surface area contributed by atoms with E-state index in [1.165, 1.54) is 12.8 Å². The van der Waals surface area contributed by atoms with Gasteiger partial charge in [-0.15, -0.1) is 0 Å². The molecule has 1 rings (SSSR count). The fraction of sp³-hybridized carbons (Fsp3) is 0.923. The van der Waals surface area contributed by atoms with Crippen molar-refractivity contribution in [3.63, 3.8) is 0 Å². The summed E-state index contributed by atoms with van der Waals surface area (Å²) in [5.74, 6) is 0.154. The first kappa shape index (κ1) is 14.5. The zero-order valence-electron chi connectivity index (χ0n) is 11.0. The van der Waals surface area contributed by atoms with Gasteiger partial charge in [-0.25, -0.2) is 0 Å². The highest BCUT2D eigenvalue weighted by atomic mass is 16.2. The molecule has 0 aliphatic heterocycles. The van der Waals surface area contributed by atoms with Crippen LogP contribution in [0.1, 0.15) is 44.9 Å². The molecule has 1 aliphatic rings. The van der Waals surface area contributed by atoms with E-state index >= 15 is 0 Å². The summed E-state index contributed by atoms with van der Waals surface area (Å²) < 4.78 is 0. The summed E-state index contributed by atoms with van der Waals surface area (Å²) >= 11 is 0. The number of unbranched alkanes of at least 4 members (excludes halogenated alkanes) is 2. The highest BCUT2D eigenvalue weighted by Crippen LogP contribution is 2.17. The maximum Gasteiger partial charge on any atom is 0.234 e. The number of hydrogen-bond donors (Lipinski definition) is 2. The molecule has 1 aliphatic carbocycles. The Morgan fingerprint density at radius 2 is 2.00 bits per heavy atom. The van der Waals surface area contributed by atoms with E-state index in [1.54, 1.807) is 0 Å². The first-order valence-corrected chi connectivity index (χ1v) is 6.81. The summed E-state index contributed by atoms with van der Waals surface area (Å²) in [6.45, 7) is 1.69. The molecule has 1 fully saturated rings. The summed E-state index contributed by atoms with van der Waals surface area (Å²) in [6.07, 6.45) is 7.74. The zero-order valence-corrected chi connectivity index (χ0v) is 11.0. The standard InChI is InChI=1S/C13H26N2O2/c1-15(9-5-2-6-10-16)11-13(17)14-12-7-3-4-8-12/h12,16H,2-11H2,1H3,(H,14,17). The molecule has 0 saturated heterocycles. The van der Waals surface area contributed by atoms with E-state index < -0.39 is 0 Å². The number of aliphatic hydroxyl groups is 1. The Balaban J connectivity index is 2.03. The molecule has 0 aromatic carbocycles. The number of nitrogens with zero attached hydrogens (tertiary/aromatic N) is 1. The van der Waals surface area contributed by atoms with Crippen LogP contribution < -0.4 is 5.32 Å². The molecular weight excluding hydrogens is 216 g/mol. The lowest BCUT2D eigenvalue weighted by atomic mass is 10.2. The van der Waals surface area contributed by atoms with Gasteiger partial charge in [-0.2, -0.15) is 0 Å². The molecule has 0 bridgehead atoms. The second-order valence-corrected chi connectivity index (χ2v) is 5.07. The predicted octanol–water partition coefficient (Wildman–Crippen LogP) is 1.14. The van der Waals surface area contributed by atoms with Crippen LogP contribution in [0.25, 0.3) is 0 Å². The van der Waals surface area contributed by atoms with Gasteiger partial charge in [0, 0.05) is 12.6 Å². The fourth-order valence-electron chi connectivity index (χ4n) is 2.34. The minimum atomic E-state index is 0.154. The number of rotatable bonds is 8. The molecule has 0 atom stereocenters. The lowest BCUT2D eigenvalue weighted by molar-refractivity contribution is -0.122. The van der Waals surface area contributed by atoms with Crippen LogP contribution >= 0.6 is 0 Å². The molecule has 0 spiro atoms. The normalized spacial score (nSPS) is 16.6. The van der Waals surface area contributed by atoms with Crippen LogP contribution in [0.5, 0.6) is 0 Å². The molecule has 0 unspecified atom stereocenters. The van der Waals surface area contributed by atoms with Gasteiger partial charge in [0.05, 0.1) is 6.54 Å². The minimum absolute atomic E-state index is 0.154. The second-order valence-electron chi connectivity index (χ2n) is 5.07. The number of carbonyl (C=O) groups excluding carboxylic acids is 1. The quantitative estimate of drug-likeness (QED) is 0.628. The Morgan fingerprint density at radius 3 is 2.65 bits per heavy atom.